The van der Waals surface area contributed by atoms with E-state index in [-0.39, 0.29) is 18.1 Å². The predicted octanol–water partition coefficient (Wildman–Crippen LogP) is 2.68. The number of primary amides is 1. The highest BCUT2D eigenvalue weighted by Gasteiger charge is 2.41. The number of rotatable bonds is 5. The highest BCUT2D eigenvalue weighted by molar-refractivity contribution is 6.22. The number of amides is 2. The molecule has 1 aliphatic heterocycles. The number of carbonyl (C=O) groups excluding carboxylic acids is 2. The number of allylic oxidation sites excluding steroid dienone is 4. The number of halogens is 1. The van der Waals surface area contributed by atoms with E-state index in [4.69, 9.17) is 22.1 Å². The lowest BCUT2D eigenvalue weighted by Crippen LogP contribution is -2.61. The molecule has 1 unspecified atom stereocenters. The summed E-state index contributed by atoms with van der Waals surface area (Å²) in [7, 11) is 0. The number of carbonyl (C=O) groups is 2. The molecule has 27 heavy (non-hydrogen) atoms. The fourth-order valence-corrected chi connectivity index (χ4v) is 3.60. The first kappa shape index (κ1) is 19.3. The fourth-order valence-electron chi connectivity index (χ4n) is 3.35. The Morgan fingerprint density at radius 3 is 2.59 bits per heavy atom. The quantitative estimate of drug-likeness (QED) is 0.758. The Balaban J connectivity index is 1.56. The summed E-state index contributed by atoms with van der Waals surface area (Å²) >= 11 is 6.15. The molecule has 3 rings (SSSR count). The zero-order valence-electron chi connectivity index (χ0n) is 15.1. The van der Waals surface area contributed by atoms with Gasteiger partial charge in [0.05, 0.1) is 5.38 Å². The number of nitrogens with one attached hydrogen (secondary N) is 1. The summed E-state index contributed by atoms with van der Waals surface area (Å²) in [6.45, 7) is 1.03. The number of likely N-dealkylation sites (tertiary alicyclic amines) is 1. The van der Waals surface area contributed by atoms with Crippen molar-refractivity contribution in [3.05, 3.63) is 59.8 Å². The molecule has 0 radical (unpaired) electrons. The van der Waals surface area contributed by atoms with Gasteiger partial charge in [0.15, 0.2) is 0 Å². The van der Waals surface area contributed by atoms with Gasteiger partial charge in [0.25, 0.3) is 0 Å². The van der Waals surface area contributed by atoms with E-state index in [0.717, 1.165) is 11.3 Å². The smallest absolute Gasteiger partial charge is 0.410 e. The first-order valence-corrected chi connectivity index (χ1v) is 9.47. The van der Waals surface area contributed by atoms with E-state index in [1.807, 2.05) is 48.6 Å². The van der Waals surface area contributed by atoms with Crippen LogP contribution in [0.15, 0.2) is 54.3 Å². The molecule has 2 amide bonds. The maximum atomic E-state index is 12.3. The molecule has 1 aromatic rings. The van der Waals surface area contributed by atoms with Gasteiger partial charge in [-0.2, -0.15) is 0 Å². The summed E-state index contributed by atoms with van der Waals surface area (Å²) in [6.07, 6.45) is 6.77. The largest absolute Gasteiger partial charge is 0.445 e. The predicted molar refractivity (Wildman–Crippen MR) is 104 cm³/mol. The van der Waals surface area contributed by atoms with Crippen molar-refractivity contribution in [3.8, 4) is 0 Å². The molecule has 1 aromatic carbocycles. The van der Waals surface area contributed by atoms with Crippen LogP contribution in [0.1, 0.15) is 24.8 Å². The van der Waals surface area contributed by atoms with Crippen LogP contribution >= 0.6 is 11.6 Å². The van der Waals surface area contributed by atoms with E-state index >= 15 is 0 Å². The first-order chi connectivity index (χ1) is 13.0. The number of hydrogen-bond acceptors (Lipinski definition) is 4. The van der Waals surface area contributed by atoms with Gasteiger partial charge in [-0.05, 0) is 24.5 Å². The van der Waals surface area contributed by atoms with Crippen molar-refractivity contribution in [2.75, 3.05) is 13.1 Å². The van der Waals surface area contributed by atoms with Crippen molar-refractivity contribution in [3.63, 3.8) is 0 Å². The average Bonchev–Trinajstić information content (AvgIpc) is 2.67. The maximum Gasteiger partial charge on any atom is 0.410 e. The minimum absolute atomic E-state index is 0.101. The molecule has 1 fully saturated rings. The second-order valence-corrected chi connectivity index (χ2v) is 7.46. The van der Waals surface area contributed by atoms with E-state index in [1.165, 1.54) is 0 Å². The van der Waals surface area contributed by atoms with E-state index in [2.05, 4.69) is 5.32 Å². The maximum absolute atomic E-state index is 12.3. The zero-order valence-corrected chi connectivity index (χ0v) is 15.8. The van der Waals surface area contributed by atoms with Gasteiger partial charge in [-0.3, -0.25) is 4.79 Å². The Morgan fingerprint density at radius 1 is 1.26 bits per heavy atom. The number of hydrogen-bond donors (Lipinski definition) is 2. The SMILES string of the molecule is NC(=O)C1(NC2=CC=CC(Cl)C2)CCN(C(=O)OCc2ccccc2)CC1. The zero-order chi connectivity index (χ0) is 19.3. The summed E-state index contributed by atoms with van der Waals surface area (Å²) in [5.41, 5.74) is 6.64. The number of benzene rings is 1. The second-order valence-electron chi connectivity index (χ2n) is 6.90. The summed E-state index contributed by atoms with van der Waals surface area (Å²) in [4.78, 5) is 26.1. The molecule has 0 aromatic heterocycles. The van der Waals surface area contributed by atoms with Gasteiger partial charge >= 0.3 is 6.09 Å². The van der Waals surface area contributed by atoms with Crippen LogP contribution in [0.4, 0.5) is 4.79 Å². The Kier molecular flexibility index (Phi) is 6.06. The summed E-state index contributed by atoms with van der Waals surface area (Å²) < 4.78 is 5.37. The van der Waals surface area contributed by atoms with Crippen molar-refractivity contribution < 1.29 is 14.3 Å². The fraction of sp³-hybridized carbons (Fsp3) is 0.400. The number of ether oxygens (including phenoxy) is 1. The van der Waals surface area contributed by atoms with E-state index in [9.17, 15) is 9.59 Å². The van der Waals surface area contributed by atoms with Gasteiger partial charge in [-0.15, -0.1) is 11.6 Å². The third-order valence-corrected chi connectivity index (χ3v) is 5.28. The highest BCUT2D eigenvalue weighted by Crippen LogP contribution is 2.26. The van der Waals surface area contributed by atoms with Crippen LogP contribution in [-0.4, -0.2) is 40.9 Å². The van der Waals surface area contributed by atoms with Crippen LogP contribution in [0.5, 0.6) is 0 Å². The highest BCUT2D eigenvalue weighted by atomic mass is 35.5. The Morgan fingerprint density at radius 2 is 1.96 bits per heavy atom. The molecule has 1 atom stereocenters. The average molecular weight is 390 g/mol. The number of nitrogens with two attached hydrogens (primary N) is 1. The van der Waals surface area contributed by atoms with Crippen molar-refractivity contribution in [1.29, 1.82) is 0 Å². The Labute approximate surface area is 164 Å². The van der Waals surface area contributed by atoms with Crippen molar-refractivity contribution in [2.24, 2.45) is 5.73 Å². The molecular formula is C20H24ClN3O3. The van der Waals surface area contributed by atoms with Gasteiger partial charge in [0.1, 0.15) is 12.1 Å². The second kappa shape index (κ2) is 8.48. The molecule has 0 bridgehead atoms. The van der Waals surface area contributed by atoms with Crippen LogP contribution < -0.4 is 11.1 Å². The monoisotopic (exact) mass is 389 g/mol. The lowest BCUT2D eigenvalue weighted by atomic mass is 9.86. The van der Waals surface area contributed by atoms with Crippen LogP contribution in [-0.2, 0) is 16.1 Å². The molecule has 2 aliphatic rings. The van der Waals surface area contributed by atoms with Gasteiger partial charge in [-0.1, -0.05) is 42.5 Å². The summed E-state index contributed by atoms with van der Waals surface area (Å²) in [5.74, 6) is -0.415. The lowest BCUT2D eigenvalue weighted by Gasteiger charge is -2.41. The standard InChI is InChI=1S/C20H24ClN3O3/c21-16-7-4-8-17(13-16)23-20(18(22)25)9-11-24(12-10-20)19(26)27-14-15-5-2-1-3-6-15/h1-8,16,23H,9-14H2,(H2,22,25). The molecule has 144 valence electrons. The molecule has 7 heteroatoms. The van der Waals surface area contributed by atoms with Crippen molar-refractivity contribution >= 4 is 23.6 Å². The van der Waals surface area contributed by atoms with Gasteiger partial charge < -0.3 is 20.7 Å². The number of piperidine rings is 1. The normalized spacial score (nSPS) is 21.3. The van der Waals surface area contributed by atoms with E-state index in [1.54, 1.807) is 4.90 Å². The molecular weight excluding hydrogens is 366 g/mol. The van der Waals surface area contributed by atoms with Crippen LogP contribution in [0, 0.1) is 0 Å². The minimum Gasteiger partial charge on any atom is -0.445 e. The van der Waals surface area contributed by atoms with Crippen LogP contribution in [0.3, 0.4) is 0 Å². The third kappa shape index (κ3) is 4.83. The molecule has 1 aliphatic carbocycles. The number of alkyl halides is 1. The lowest BCUT2D eigenvalue weighted by molar-refractivity contribution is -0.126. The first-order valence-electron chi connectivity index (χ1n) is 9.04. The van der Waals surface area contributed by atoms with Crippen molar-refractivity contribution in [1.82, 2.24) is 10.2 Å². The van der Waals surface area contributed by atoms with Gasteiger partial charge in [0.2, 0.25) is 5.91 Å². The molecule has 3 N–H and O–H groups in total. The third-order valence-electron chi connectivity index (χ3n) is 4.98. The minimum atomic E-state index is -0.871. The molecule has 0 saturated carbocycles. The van der Waals surface area contributed by atoms with E-state index < -0.39 is 11.4 Å². The summed E-state index contributed by atoms with van der Waals surface area (Å²) in [5, 5.41) is 3.19. The molecule has 0 spiro atoms. The van der Waals surface area contributed by atoms with Gasteiger partial charge in [-0.25, -0.2) is 4.79 Å². The number of nitrogens with zero attached hydrogens (tertiary/aromatic N) is 1. The molecule has 1 saturated heterocycles. The van der Waals surface area contributed by atoms with Crippen LogP contribution in [0.2, 0.25) is 0 Å². The molecule has 1 heterocycles. The summed E-state index contributed by atoms with van der Waals surface area (Å²) in [6, 6.07) is 9.52. The Hall–Kier alpha value is -2.47. The topological polar surface area (TPSA) is 84.7 Å². The van der Waals surface area contributed by atoms with Crippen molar-refractivity contribution in [2.45, 2.75) is 36.8 Å². The van der Waals surface area contributed by atoms with Crippen LogP contribution in [0.25, 0.3) is 0 Å². The van der Waals surface area contributed by atoms with E-state index in [0.29, 0.717) is 32.4 Å². The Bertz CT molecular complexity index is 740. The molecule has 6 nitrogen and oxygen atoms in total. The van der Waals surface area contributed by atoms with Gasteiger partial charge in [0, 0.05) is 25.2 Å².